The minimum Gasteiger partial charge on any atom is -0.483 e. The number of hydrogen-bond acceptors (Lipinski definition) is 3. The fourth-order valence-corrected chi connectivity index (χ4v) is 4.84. The van der Waals surface area contributed by atoms with Crippen LogP contribution in [-0.4, -0.2) is 29.4 Å². The van der Waals surface area contributed by atoms with Crippen molar-refractivity contribution < 1.29 is 18.7 Å². The standard InChI is InChI=1S/C26H25FN2O3/c27-19-8-5-6-17(14-19)15-29-23(30)16-32-22-13-12-18-7-1-4-11-21(18)24(22)25(29)26(31)28-20-9-2-3-10-20/h1,4-8,11-14,20,25H,2-3,9-10,15-16H2,(H,28,31). The lowest BCUT2D eigenvalue weighted by Gasteiger charge is -2.31. The van der Waals surface area contributed by atoms with Crippen LogP contribution in [0.15, 0.2) is 60.7 Å². The van der Waals surface area contributed by atoms with E-state index in [1.807, 2.05) is 36.4 Å². The Labute approximate surface area is 186 Å². The molecule has 1 saturated carbocycles. The molecule has 5 rings (SSSR count). The molecule has 6 heteroatoms. The monoisotopic (exact) mass is 432 g/mol. The van der Waals surface area contributed by atoms with Gasteiger partial charge in [0.2, 0.25) is 5.91 Å². The minimum atomic E-state index is -0.866. The van der Waals surface area contributed by atoms with Crippen LogP contribution in [0.5, 0.6) is 5.75 Å². The van der Waals surface area contributed by atoms with E-state index >= 15 is 0 Å². The van der Waals surface area contributed by atoms with Crippen LogP contribution >= 0.6 is 0 Å². The van der Waals surface area contributed by atoms with Gasteiger partial charge in [-0.05, 0) is 47.4 Å². The summed E-state index contributed by atoms with van der Waals surface area (Å²) in [5.41, 5.74) is 1.31. The maximum atomic E-state index is 13.9. The molecule has 5 nitrogen and oxygen atoms in total. The van der Waals surface area contributed by atoms with Gasteiger partial charge in [-0.2, -0.15) is 0 Å². The summed E-state index contributed by atoms with van der Waals surface area (Å²) in [5.74, 6) is -0.366. The quantitative estimate of drug-likeness (QED) is 0.660. The second-order valence-electron chi connectivity index (χ2n) is 8.53. The van der Waals surface area contributed by atoms with Crippen LogP contribution in [-0.2, 0) is 16.1 Å². The molecule has 1 heterocycles. The van der Waals surface area contributed by atoms with Crippen molar-refractivity contribution >= 4 is 22.6 Å². The Morgan fingerprint density at radius 3 is 2.69 bits per heavy atom. The van der Waals surface area contributed by atoms with Crippen molar-refractivity contribution in [2.75, 3.05) is 6.61 Å². The summed E-state index contributed by atoms with van der Waals surface area (Å²) < 4.78 is 19.7. The number of rotatable bonds is 4. The maximum absolute atomic E-state index is 13.9. The molecule has 32 heavy (non-hydrogen) atoms. The first kappa shape index (κ1) is 20.5. The number of benzene rings is 3. The Bertz CT molecular complexity index is 1170. The van der Waals surface area contributed by atoms with E-state index in [2.05, 4.69) is 5.32 Å². The second kappa shape index (κ2) is 8.61. The average Bonchev–Trinajstić information content (AvgIpc) is 3.25. The van der Waals surface area contributed by atoms with Crippen LogP contribution in [0.2, 0.25) is 0 Å². The molecule has 1 fully saturated rings. The molecule has 1 N–H and O–H groups in total. The number of carbonyl (C=O) groups is 2. The van der Waals surface area contributed by atoms with Gasteiger partial charge in [-0.15, -0.1) is 0 Å². The topological polar surface area (TPSA) is 58.6 Å². The lowest BCUT2D eigenvalue weighted by molar-refractivity contribution is -0.142. The van der Waals surface area contributed by atoms with Gasteiger partial charge in [0, 0.05) is 18.2 Å². The van der Waals surface area contributed by atoms with Crippen LogP contribution in [0.25, 0.3) is 10.8 Å². The first-order chi connectivity index (χ1) is 15.6. The van der Waals surface area contributed by atoms with Crippen molar-refractivity contribution in [2.24, 2.45) is 0 Å². The first-order valence-electron chi connectivity index (χ1n) is 11.1. The largest absolute Gasteiger partial charge is 0.483 e. The summed E-state index contributed by atoms with van der Waals surface area (Å²) in [6.07, 6.45) is 4.05. The van der Waals surface area contributed by atoms with Crippen molar-refractivity contribution in [1.29, 1.82) is 0 Å². The van der Waals surface area contributed by atoms with Gasteiger partial charge < -0.3 is 15.0 Å². The number of carbonyl (C=O) groups excluding carboxylic acids is 2. The molecular weight excluding hydrogens is 407 g/mol. The normalized spacial score (nSPS) is 18.8. The third-order valence-corrected chi connectivity index (χ3v) is 6.38. The summed E-state index contributed by atoms with van der Waals surface area (Å²) in [6.45, 7) is -0.0563. The third-order valence-electron chi connectivity index (χ3n) is 6.38. The SMILES string of the molecule is O=C(NC1CCCC1)C1c2c(ccc3ccccc23)OCC(=O)N1Cc1cccc(F)c1. The molecule has 3 aromatic carbocycles. The van der Waals surface area contributed by atoms with Gasteiger partial charge in [0.05, 0.1) is 0 Å². The lowest BCUT2D eigenvalue weighted by atomic mass is 9.95. The van der Waals surface area contributed by atoms with E-state index in [1.54, 1.807) is 12.1 Å². The van der Waals surface area contributed by atoms with Crippen molar-refractivity contribution in [3.63, 3.8) is 0 Å². The Morgan fingerprint density at radius 1 is 1.06 bits per heavy atom. The van der Waals surface area contributed by atoms with Gasteiger partial charge in [0.1, 0.15) is 17.6 Å². The van der Waals surface area contributed by atoms with Crippen molar-refractivity contribution in [3.8, 4) is 5.75 Å². The number of ether oxygens (including phenoxy) is 1. The maximum Gasteiger partial charge on any atom is 0.261 e. The summed E-state index contributed by atoms with van der Waals surface area (Å²) in [4.78, 5) is 28.4. The van der Waals surface area contributed by atoms with Gasteiger partial charge in [0.25, 0.3) is 5.91 Å². The minimum absolute atomic E-state index is 0.108. The zero-order valence-corrected chi connectivity index (χ0v) is 17.7. The fraction of sp³-hybridized carbons (Fsp3) is 0.308. The van der Waals surface area contributed by atoms with Gasteiger partial charge in [0.15, 0.2) is 6.61 Å². The van der Waals surface area contributed by atoms with Crippen LogP contribution in [0.3, 0.4) is 0 Å². The predicted molar refractivity (Wildman–Crippen MR) is 120 cm³/mol. The molecule has 164 valence electrons. The summed E-state index contributed by atoms with van der Waals surface area (Å²) in [6, 6.07) is 16.9. The highest BCUT2D eigenvalue weighted by Crippen LogP contribution is 2.39. The summed E-state index contributed by atoms with van der Waals surface area (Å²) in [5, 5.41) is 5.00. The molecule has 0 bridgehead atoms. The molecule has 0 radical (unpaired) electrons. The van der Waals surface area contributed by atoms with E-state index in [0.717, 1.165) is 36.5 Å². The molecule has 0 aromatic heterocycles. The first-order valence-corrected chi connectivity index (χ1v) is 11.1. The van der Waals surface area contributed by atoms with Crippen LogP contribution < -0.4 is 10.1 Å². The predicted octanol–water partition coefficient (Wildman–Crippen LogP) is 4.50. The number of nitrogens with zero attached hydrogens (tertiary/aromatic N) is 1. The molecule has 2 amide bonds. The van der Waals surface area contributed by atoms with E-state index in [0.29, 0.717) is 16.9 Å². The lowest BCUT2D eigenvalue weighted by Crippen LogP contribution is -2.46. The Kier molecular flexibility index (Phi) is 5.52. The summed E-state index contributed by atoms with van der Waals surface area (Å²) in [7, 11) is 0. The van der Waals surface area contributed by atoms with Gasteiger partial charge in [-0.3, -0.25) is 9.59 Å². The van der Waals surface area contributed by atoms with E-state index in [-0.39, 0.29) is 36.8 Å². The highest BCUT2D eigenvalue weighted by Gasteiger charge is 2.38. The number of fused-ring (bicyclic) bond motifs is 3. The van der Waals surface area contributed by atoms with Crippen LogP contribution in [0.1, 0.15) is 42.9 Å². The molecule has 0 spiro atoms. The highest BCUT2D eigenvalue weighted by atomic mass is 19.1. The van der Waals surface area contributed by atoms with Crippen LogP contribution in [0.4, 0.5) is 4.39 Å². The second-order valence-corrected chi connectivity index (χ2v) is 8.53. The number of nitrogens with one attached hydrogen (secondary N) is 1. The molecule has 1 unspecified atom stereocenters. The molecule has 1 aliphatic carbocycles. The zero-order valence-electron chi connectivity index (χ0n) is 17.7. The van der Waals surface area contributed by atoms with Gasteiger partial charge in [-0.1, -0.05) is 55.3 Å². The van der Waals surface area contributed by atoms with E-state index in [4.69, 9.17) is 4.74 Å². The fourth-order valence-electron chi connectivity index (χ4n) is 4.84. The molecule has 2 aliphatic rings. The Balaban J connectivity index is 1.62. The molecule has 1 atom stereocenters. The molecule has 3 aromatic rings. The molecular formula is C26H25FN2O3. The number of hydrogen-bond donors (Lipinski definition) is 1. The average molecular weight is 432 g/mol. The van der Waals surface area contributed by atoms with Gasteiger partial charge in [-0.25, -0.2) is 4.39 Å². The summed E-state index contributed by atoms with van der Waals surface area (Å²) >= 11 is 0. The van der Waals surface area contributed by atoms with Crippen molar-refractivity contribution in [3.05, 3.63) is 77.6 Å². The van der Waals surface area contributed by atoms with E-state index in [9.17, 15) is 14.0 Å². The number of halogens is 1. The van der Waals surface area contributed by atoms with Crippen LogP contribution in [0, 0.1) is 5.82 Å². The van der Waals surface area contributed by atoms with Gasteiger partial charge >= 0.3 is 0 Å². The Morgan fingerprint density at radius 2 is 1.88 bits per heavy atom. The van der Waals surface area contributed by atoms with Crippen molar-refractivity contribution in [1.82, 2.24) is 10.2 Å². The molecule has 1 aliphatic heterocycles. The van der Waals surface area contributed by atoms with E-state index in [1.165, 1.54) is 17.0 Å². The zero-order chi connectivity index (χ0) is 22.1. The molecule has 0 saturated heterocycles. The third kappa shape index (κ3) is 3.93. The number of amides is 2. The Hall–Kier alpha value is -3.41. The smallest absolute Gasteiger partial charge is 0.261 e. The highest BCUT2D eigenvalue weighted by molar-refractivity contribution is 5.97. The van der Waals surface area contributed by atoms with E-state index < -0.39 is 6.04 Å². The van der Waals surface area contributed by atoms with Crippen molar-refractivity contribution in [2.45, 2.75) is 44.3 Å².